The summed E-state index contributed by atoms with van der Waals surface area (Å²) < 4.78 is 5.00. The van der Waals surface area contributed by atoms with Gasteiger partial charge in [0.2, 0.25) is 11.8 Å². The second-order valence-electron chi connectivity index (χ2n) is 6.80. The zero-order valence-corrected chi connectivity index (χ0v) is 15.1. The lowest BCUT2D eigenvalue weighted by atomic mass is 9.90. The molecule has 1 aromatic carbocycles. The molecule has 136 valence electrons. The van der Waals surface area contributed by atoms with Gasteiger partial charge in [0, 0.05) is 6.04 Å². The number of carbonyl (C=O) groups is 3. The van der Waals surface area contributed by atoms with E-state index in [0.717, 1.165) is 25.7 Å². The van der Waals surface area contributed by atoms with Crippen molar-refractivity contribution in [2.45, 2.75) is 52.5 Å². The summed E-state index contributed by atoms with van der Waals surface area (Å²) in [7, 11) is 0. The topological polar surface area (TPSA) is 84.5 Å². The van der Waals surface area contributed by atoms with Gasteiger partial charge < -0.3 is 15.4 Å². The SMILES string of the molecule is CCOC(=O)c1ccccc1NC(=O)C(C)(C)C(=O)NC1CCCC1. The number of anilines is 1. The predicted molar refractivity (Wildman–Crippen MR) is 95.2 cm³/mol. The third-order valence-corrected chi connectivity index (χ3v) is 4.50. The number of esters is 1. The maximum atomic E-state index is 12.7. The molecule has 25 heavy (non-hydrogen) atoms. The summed E-state index contributed by atoms with van der Waals surface area (Å²) in [5, 5.41) is 5.65. The minimum absolute atomic E-state index is 0.145. The van der Waals surface area contributed by atoms with Gasteiger partial charge in [0.05, 0.1) is 17.9 Å². The van der Waals surface area contributed by atoms with Crippen LogP contribution in [0.2, 0.25) is 0 Å². The van der Waals surface area contributed by atoms with Crippen molar-refractivity contribution in [1.29, 1.82) is 0 Å². The van der Waals surface area contributed by atoms with E-state index in [2.05, 4.69) is 10.6 Å². The summed E-state index contributed by atoms with van der Waals surface area (Å²) in [6.07, 6.45) is 4.11. The Balaban J connectivity index is 2.09. The fourth-order valence-corrected chi connectivity index (χ4v) is 2.80. The molecule has 0 heterocycles. The minimum Gasteiger partial charge on any atom is -0.462 e. The standard InChI is InChI=1S/C19H26N2O4/c1-4-25-16(22)14-11-7-8-12-15(14)21-18(24)19(2,3)17(23)20-13-9-5-6-10-13/h7-8,11-13H,4-6,9-10H2,1-3H3,(H,20,23)(H,21,24). The largest absolute Gasteiger partial charge is 0.462 e. The smallest absolute Gasteiger partial charge is 0.340 e. The summed E-state index contributed by atoms with van der Waals surface area (Å²) in [5.41, 5.74) is -0.637. The van der Waals surface area contributed by atoms with Crippen LogP contribution in [0.5, 0.6) is 0 Å². The molecule has 0 aromatic heterocycles. The van der Waals surface area contributed by atoms with E-state index in [-0.39, 0.29) is 24.1 Å². The van der Waals surface area contributed by atoms with Crippen LogP contribution >= 0.6 is 0 Å². The van der Waals surface area contributed by atoms with Crippen molar-refractivity contribution in [1.82, 2.24) is 5.32 Å². The number of benzene rings is 1. The van der Waals surface area contributed by atoms with Crippen LogP contribution in [0, 0.1) is 5.41 Å². The van der Waals surface area contributed by atoms with E-state index >= 15 is 0 Å². The fraction of sp³-hybridized carbons (Fsp3) is 0.526. The first-order valence-corrected chi connectivity index (χ1v) is 8.74. The lowest BCUT2D eigenvalue weighted by Gasteiger charge is -2.25. The van der Waals surface area contributed by atoms with Crippen molar-refractivity contribution in [3.8, 4) is 0 Å². The molecule has 2 rings (SSSR count). The monoisotopic (exact) mass is 346 g/mol. The molecule has 0 radical (unpaired) electrons. The Morgan fingerprint density at radius 3 is 2.40 bits per heavy atom. The van der Waals surface area contributed by atoms with E-state index in [1.807, 2.05) is 0 Å². The molecule has 1 saturated carbocycles. The average Bonchev–Trinajstić information content (AvgIpc) is 3.08. The van der Waals surface area contributed by atoms with Crippen LogP contribution in [0.1, 0.15) is 56.8 Å². The van der Waals surface area contributed by atoms with Gasteiger partial charge in [-0.05, 0) is 45.7 Å². The van der Waals surface area contributed by atoms with Gasteiger partial charge in [0.1, 0.15) is 5.41 Å². The zero-order valence-electron chi connectivity index (χ0n) is 15.1. The maximum absolute atomic E-state index is 12.7. The zero-order chi connectivity index (χ0) is 18.4. The van der Waals surface area contributed by atoms with E-state index in [9.17, 15) is 14.4 Å². The fourth-order valence-electron chi connectivity index (χ4n) is 2.80. The summed E-state index contributed by atoms with van der Waals surface area (Å²) in [6.45, 7) is 5.13. The predicted octanol–water partition coefficient (Wildman–Crippen LogP) is 2.89. The normalized spacial score (nSPS) is 14.8. The Bertz CT molecular complexity index is 649. The number of hydrogen-bond donors (Lipinski definition) is 2. The molecule has 6 nitrogen and oxygen atoms in total. The van der Waals surface area contributed by atoms with Gasteiger partial charge in [0.15, 0.2) is 0 Å². The molecule has 0 saturated heterocycles. The third-order valence-electron chi connectivity index (χ3n) is 4.50. The van der Waals surface area contributed by atoms with Crippen LogP contribution in [-0.2, 0) is 14.3 Å². The Morgan fingerprint density at radius 2 is 1.76 bits per heavy atom. The van der Waals surface area contributed by atoms with Gasteiger partial charge in [0.25, 0.3) is 0 Å². The van der Waals surface area contributed by atoms with Gasteiger partial charge >= 0.3 is 5.97 Å². The summed E-state index contributed by atoms with van der Waals surface area (Å²) in [5.74, 6) is -1.27. The van der Waals surface area contributed by atoms with Crippen LogP contribution in [0.3, 0.4) is 0 Å². The van der Waals surface area contributed by atoms with Gasteiger partial charge in [-0.3, -0.25) is 9.59 Å². The van der Waals surface area contributed by atoms with Crippen molar-refractivity contribution < 1.29 is 19.1 Å². The highest BCUT2D eigenvalue weighted by Crippen LogP contribution is 2.24. The second-order valence-corrected chi connectivity index (χ2v) is 6.80. The molecule has 0 bridgehead atoms. The van der Waals surface area contributed by atoms with Gasteiger partial charge in [-0.15, -0.1) is 0 Å². The number of para-hydroxylation sites is 1. The molecule has 2 N–H and O–H groups in total. The number of nitrogens with one attached hydrogen (secondary N) is 2. The molecule has 1 aliphatic rings. The van der Waals surface area contributed by atoms with Gasteiger partial charge in [-0.2, -0.15) is 0 Å². The molecular formula is C19H26N2O4. The third kappa shape index (κ3) is 4.59. The molecule has 2 amide bonds. The molecule has 6 heteroatoms. The lowest BCUT2D eigenvalue weighted by molar-refractivity contribution is -0.138. The number of amides is 2. The van der Waals surface area contributed by atoms with Crippen molar-refractivity contribution in [3.05, 3.63) is 29.8 Å². The highest BCUT2D eigenvalue weighted by atomic mass is 16.5. The average molecular weight is 346 g/mol. The highest BCUT2D eigenvalue weighted by Gasteiger charge is 2.37. The first-order valence-electron chi connectivity index (χ1n) is 8.74. The Kier molecular flexibility index (Phi) is 6.17. The Hall–Kier alpha value is -2.37. The number of rotatable bonds is 6. The molecular weight excluding hydrogens is 320 g/mol. The number of hydrogen-bond acceptors (Lipinski definition) is 4. The first kappa shape index (κ1) is 19.0. The molecule has 0 unspecified atom stereocenters. The maximum Gasteiger partial charge on any atom is 0.340 e. The molecule has 0 aliphatic heterocycles. The van der Waals surface area contributed by atoms with Crippen LogP contribution in [0.25, 0.3) is 0 Å². The molecule has 1 aliphatic carbocycles. The van der Waals surface area contributed by atoms with Gasteiger partial charge in [-0.1, -0.05) is 25.0 Å². The van der Waals surface area contributed by atoms with Gasteiger partial charge in [-0.25, -0.2) is 4.79 Å². The summed E-state index contributed by atoms with van der Waals surface area (Å²) in [4.78, 5) is 37.2. The lowest BCUT2D eigenvalue weighted by Crippen LogP contribution is -2.48. The van der Waals surface area contributed by atoms with E-state index in [0.29, 0.717) is 5.69 Å². The second kappa shape index (κ2) is 8.14. The van der Waals surface area contributed by atoms with Crippen LogP contribution in [0.4, 0.5) is 5.69 Å². The van der Waals surface area contributed by atoms with Crippen molar-refractivity contribution in [3.63, 3.8) is 0 Å². The Labute approximate surface area is 148 Å². The summed E-state index contributed by atoms with van der Waals surface area (Å²) in [6, 6.07) is 6.75. The van der Waals surface area contributed by atoms with Crippen molar-refractivity contribution in [2.75, 3.05) is 11.9 Å². The molecule has 0 atom stereocenters. The van der Waals surface area contributed by atoms with Crippen LogP contribution < -0.4 is 10.6 Å². The van der Waals surface area contributed by atoms with E-state index in [4.69, 9.17) is 4.74 Å². The van der Waals surface area contributed by atoms with E-state index < -0.39 is 17.3 Å². The van der Waals surface area contributed by atoms with E-state index in [1.165, 1.54) is 0 Å². The molecule has 1 aromatic rings. The highest BCUT2D eigenvalue weighted by molar-refractivity contribution is 6.11. The summed E-state index contributed by atoms with van der Waals surface area (Å²) >= 11 is 0. The first-order chi connectivity index (χ1) is 11.9. The van der Waals surface area contributed by atoms with Crippen molar-refractivity contribution in [2.24, 2.45) is 5.41 Å². The Morgan fingerprint density at radius 1 is 1.12 bits per heavy atom. The quantitative estimate of drug-likeness (QED) is 0.613. The number of ether oxygens (including phenoxy) is 1. The van der Waals surface area contributed by atoms with Crippen molar-refractivity contribution >= 4 is 23.5 Å². The number of carbonyl (C=O) groups excluding carboxylic acids is 3. The molecule has 0 spiro atoms. The molecule has 1 fully saturated rings. The van der Waals surface area contributed by atoms with E-state index in [1.54, 1.807) is 45.0 Å². The minimum atomic E-state index is -1.25. The van der Waals surface area contributed by atoms with Crippen LogP contribution in [-0.4, -0.2) is 30.4 Å². The van der Waals surface area contributed by atoms with Crippen LogP contribution in [0.15, 0.2) is 24.3 Å².